The van der Waals surface area contributed by atoms with Gasteiger partial charge in [0.15, 0.2) is 0 Å². The largest absolute Gasteiger partial charge is 1.00 e. The van der Waals surface area contributed by atoms with Crippen molar-refractivity contribution in [2.75, 3.05) is 6.61 Å². The molecular formula is C9H11NaO5S. The van der Waals surface area contributed by atoms with Gasteiger partial charge in [-0.2, -0.15) is 0 Å². The molecule has 0 heterocycles. The van der Waals surface area contributed by atoms with Crippen LogP contribution in [0.15, 0.2) is 43.0 Å². The minimum atomic E-state index is -4.51. The van der Waals surface area contributed by atoms with Crippen LogP contribution >= 0.6 is 0 Å². The van der Waals surface area contributed by atoms with E-state index in [1.165, 1.54) is 6.08 Å². The van der Waals surface area contributed by atoms with Crippen LogP contribution in [0.25, 0.3) is 0 Å². The number of phenolic OH excluding ortho intramolecular Hbond substituents is 1. The Morgan fingerprint density at radius 1 is 1.38 bits per heavy atom. The van der Waals surface area contributed by atoms with Crippen molar-refractivity contribution in [3.05, 3.63) is 43.0 Å². The van der Waals surface area contributed by atoms with E-state index in [2.05, 4.69) is 10.8 Å². The summed E-state index contributed by atoms with van der Waals surface area (Å²) < 4.78 is 32.4. The maximum atomic E-state index is 9.56. The number of hydrogen-bond acceptors (Lipinski definition) is 5. The van der Waals surface area contributed by atoms with E-state index >= 15 is 0 Å². The van der Waals surface area contributed by atoms with Gasteiger partial charge in [0.2, 0.25) is 10.4 Å². The second kappa shape index (κ2) is 9.83. The molecule has 5 nitrogen and oxygen atoms in total. The quantitative estimate of drug-likeness (QED) is 0.293. The number of phenols is 1. The smallest absolute Gasteiger partial charge is 0.726 e. The van der Waals surface area contributed by atoms with E-state index in [0.29, 0.717) is 5.75 Å². The van der Waals surface area contributed by atoms with Crippen LogP contribution in [0.5, 0.6) is 5.75 Å². The van der Waals surface area contributed by atoms with Gasteiger partial charge >= 0.3 is 29.6 Å². The molecule has 0 saturated carbocycles. The SMILES string of the molecule is C=CCOS(=O)(=O)[O-].Oc1ccccc1.[Na+]. The Morgan fingerprint density at radius 3 is 2.06 bits per heavy atom. The molecule has 0 amide bonds. The summed E-state index contributed by atoms with van der Waals surface area (Å²) in [6.07, 6.45) is 1.18. The third kappa shape index (κ3) is 13.6. The predicted octanol–water partition coefficient (Wildman–Crippen LogP) is -1.95. The van der Waals surface area contributed by atoms with E-state index in [-0.39, 0.29) is 36.2 Å². The summed E-state index contributed by atoms with van der Waals surface area (Å²) in [6, 6.07) is 8.71. The van der Waals surface area contributed by atoms with Crippen molar-refractivity contribution in [1.82, 2.24) is 0 Å². The second-order valence-corrected chi connectivity index (χ2v) is 3.37. The fourth-order valence-corrected chi connectivity index (χ4v) is 0.822. The molecule has 0 aliphatic carbocycles. The fourth-order valence-electron chi connectivity index (χ4n) is 0.559. The molecule has 7 heteroatoms. The van der Waals surface area contributed by atoms with Crippen LogP contribution in [-0.4, -0.2) is 24.7 Å². The minimum absolute atomic E-state index is 0. The van der Waals surface area contributed by atoms with Gasteiger partial charge in [-0.1, -0.05) is 24.3 Å². The monoisotopic (exact) mass is 254 g/mol. The van der Waals surface area contributed by atoms with Crippen LogP contribution in [-0.2, 0) is 14.6 Å². The Hall–Kier alpha value is -0.370. The molecule has 0 radical (unpaired) electrons. The molecule has 84 valence electrons. The van der Waals surface area contributed by atoms with Gasteiger partial charge in [0, 0.05) is 0 Å². The molecule has 1 aromatic rings. The molecule has 0 aromatic heterocycles. The molecule has 1 aromatic carbocycles. The Kier molecular flexibility index (Phi) is 11.1. The summed E-state index contributed by atoms with van der Waals surface area (Å²) in [5.41, 5.74) is 0. The number of aromatic hydroxyl groups is 1. The molecule has 0 spiro atoms. The van der Waals surface area contributed by atoms with Gasteiger partial charge in [0.25, 0.3) is 0 Å². The van der Waals surface area contributed by atoms with Crippen LogP contribution in [0, 0.1) is 0 Å². The molecule has 0 bridgehead atoms. The maximum Gasteiger partial charge on any atom is 1.00 e. The standard InChI is InChI=1S/C6H6O.C3H6O4S.Na/c7-6-4-2-1-3-5-6;1-2-3-7-8(4,5)6;/h1-5,7H;2H,1,3H2,(H,4,5,6);/q;;+1/p-1. The van der Waals surface area contributed by atoms with Crippen molar-refractivity contribution in [3.63, 3.8) is 0 Å². The molecule has 0 fully saturated rings. The van der Waals surface area contributed by atoms with Gasteiger partial charge < -0.3 is 9.66 Å². The molecule has 0 unspecified atom stereocenters. The molecule has 16 heavy (non-hydrogen) atoms. The predicted molar refractivity (Wildman–Crippen MR) is 54.0 cm³/mol. The zero-order valence-electron chi connectivity index (χ0n) is 8.87. The summed E-state index contributed by atoms with van der Waals surface area (Å²) in [4.78, 5) is 0. The first kappa shape index (κ1) is 18.0. The molecular weight excluding hydrogens is 243 g/mol. The Bertz CT molecular complexity index is 376. The fraction of sp³-hybridized carbons (Fsp3) is 0.111. The molecule has 1 N–H and O–H groups in total. The van der Waals surface area contributed by atoms with Crippen molar-refractivity contribution in [2.24, 2.45) is 0 Å². The van der Waals surface area contributed by atoms with Crippen molar-refractivity contribution in [2.45, 2.75) is 0 Å². The molecule has 0 saturated heterocycles. The van der Waals surface area contributed by atoms with Gasteiger partial charge in [-0.25, -0.2) is 8.42 Å². The Morgan fingerprint density at radius 2 is 1.88 bits per heavy atom. The van der Waals surface area contributed by atoms with E-state index in [1.807, 2.05) is 6.07 Å². The first-order valence-corrected chi connectivity index (χ1v) is 5.24. The van der Waals surface area contributed by atoms with Crippen LogP contribution in [0.3, 0.4) is 0 Å². The Balaban J connectivity index is 0. The number of benzene rings is 1. The number of para-hydroxylation sites is 1. The van der Waals surface area contributed by atoms with Gasteiger partial charge in [-0.3, -0.25) is 4.18 Å². The van der Waals surface area contributed by atoms with E-state index in [9.17, 15) is 13.0 Å². The van der Waals surface area contributed by atoms with Crippen molar-refractivity contribution >= 4 is 10.4 Å². The third-order valence-corrected chi connectivity index (χ3v) is 1.51. The zero-order chi connectivity index (χ0) is 11.7. The van der Waals surface area contributed by atoms with Gasteiger partial charge in [-0.05, 0) is 12.1 Å². The minimum Gasteiger partial charge on any atom is -0.726 e. The van der Waals surface area contributed by atoms with Crippen LogP contribution in [0.1, 0.15) is 0 Å². The number of rotatable bonds is 3. The van der Waals surface area contributed by atoms with Crippen molar-refractivity contribution < 1.29 is 51.8 Å². The van der Waals surface area contributed by atoms with Crippen LogP contribution < -0.4 is 29.6 Å². The van der Waals surface area contributed by atoms with E-state index in [0.717, 1.165) is 0 Å². The number of hydrogen-bond donors (Lipinski definition) is 1. The van der Waals surface area contributed by atoms with Crippen LogP contribution in [0.4, 0.5) is 0 Å². The van der Waals surface area contributed by atoms with Gasteiger partial charge in [0.05, 0.1) is 6.61 Å². The summed E-state index contributed by atoms with van der Waals surface area (Å²) in [5, 5.41) is 8.63. The van der Waals surface area contributed by atoms with E-state index in [4.69, 9.17) is 5.11 Å². The van der Waals surface area contributed by atoms with Gasteiger partial charge in [-0.15, -0.1) is 6.58 Å². The van der Waals surface area contributed by atoms with E-state index < -0.39 is 10.4 Å². The average molecular weight is 254 g/mol. The second-order valence-electron chi connectivity index (χ2n) is 2.32. The topological polar surface area (TPSA) is 86.7 Å². The van der Waals surface area contributed by atoms with E-state index in [1.54, 1.807) is 24.3 Å². The van der Waals surface area contributed by atoms with Crippen LogP contribution in [0.2, 0.25) is 0 Å². The molecule has 0 aliphatic heterocycles. The normalized spacial score (nSPS) is 9.31. The average Bonchev–Trinajstić information content (AvgIpc) is 2.16. The Labute approximate surface area is 117 Å². The summed E-state index contributed by atoms with van der Waals surface area (Å²) in [7, 11) is -4.51. The van der Waals surface area contributed by atoms with Gasteiger partial charge in [0.1, 0.15) is 5.75 Å². The first-order chi connectivity index (χ1) is 6.95. The summed E-state index contributed by atoms with van der Waals surface area (Å²) >= 11 is 0. The first-order valence-electron chi connectivity index (χ1n) is 3.91. The maximum absolute atomic E-state index is 9.56. The molecule has 1 rings (SSSR count). The summed E-state index contributed by atoms with van der Waals surface area (Å²) in [5.74, 6) is 0.322. The zero-order valence-corrected chi connectivity index (χ0v) is 11.7. The van der Waals surface area contributed by atoms with Crippen molar-refractivity contribution in [3.8, 4) is 5.75 Å². The summed E-state index contributed by atoms with van der Waals surface area (Å²) in [6.45, 7) is 2.88. The third-order valence-electron chi connectivity index (χ3n) is 1.09. The van der Waals surface area contributed by atoms with Crippen molar-refractivity contribution in [1.29, 1.82) is 0 Å². The molecule has 0 atom stereocenters. The molecule has 0 aliphatic rings.